The third-order valence-corrected chi connectivity index (χ3v) is 4.76. The highest BCUT2D eigenvalue weighted by Crippen LogP contribution is 2.18. The van der Waals surface area contributed by atoms with Gasteiger partial charge in [-0.15, -0.1) is 0 Å². The number of aromatic nitrogens is 2. The third kappa shape index (κ3) is 3.48. The van der Waals surface area contributed by atoms with Crippen LogP contribution in [0.15, 0.2) is 53.5 Å². The Morgan fingerprint density at radius 1 is 1.15 bits per heavy atom. The van der Waals surface area contributed by atoms with Crippen molar-refractivity contribution in [2.24, 2.45) is 0 Å². The second-order valence-corrected chi connectivity index (χ2v) is 6.58. The molecule has 1 aliphatic rings. The minimum Gasteiger partial charge on any atom is -0.469 e. The Labute approximate surface area is 156 Å². The van der Waals surface area contributed by atoms with E-state index < -0.39 is 0 Å². The molecule has 0 bridgehead atoms. The Morgan fingerprint density at radius 3 is 2.70 bits per heavy atom. The van der Waals surface area contributed by atoms with Crippen molar-refractivity contribution in [3.05, 3.63) is 71.7 Å². The molecule has 1 aliphatic heterocycles. The zero-order valence-corrected chi connectivity index (χ0v) is 15.0. The van der Waals surface area contributed by atoms with Gasteiger partial charge in [-0.05, 0) is 43.7 Å². The lowest BCUT2D eigenvalue weighted by molar-refractivity contribution is 0.0745. The summed E-state index contributed by atoms with van der Waals surface area (Å²) in [4.78, 5) is 31.1. The van der Waals surface area contributed by atoms with Crippen LogP contribution in [-0.2, 0) is 13.1 Å². The Balaban J connectivity index is 1.45. The summed E-state index contributed by atoms with van der Waals surface area (Å²) < 4.78 is 7.24. The number of rotatable bonds is 3. The summed E-state index contributed by atoms with van der Waals surface area (Å²) in [5.74, 6) is 0.314. The van der Waals surface area contributed by atoms with Crippen molar-refractivity contribution in [3.63, 3.8) is 0 Å². The Hall–Kier alpha value is -3.35. The second-order valence-electron chi connectivity index (χ2n) is 6.58. The molecule has 0 unspecified atom stereocenters. The van der Waals surface area contributed by atoms with Crippen LogP contribution >= 0.6 is 0 Å². The molecule has 3 heterocycles. The average Bonchev–Trinajstić information content (AvgIpc) is 3.25. The number of furan rings is 1. The molecule has 7 nitrogen and oxygen atoms in total. The number of nitrogens with one attached hydrogen (secondary N) is 1. The van der Waals surface area contributed by atoms with Crippen LogP contribution < -0.4 is 5.32 Å². The predicted molar refractivity (Wildman–Crippen MR) is 99.4 cm³/mol. The molecule has 1 N–H and O–H groups in total. The minimum absolute atomic E-state index is 0.0202. The number of fused-ring (bicyclic) bond motifs is 1. The largest absolute Gasteiger partial charge is 0.469 e. The Kier molecular flexibility index (Phi) is 4.50. The van der Waals surface area contributed by atoms with Gasteiger partial charge in [0.15, 0.2) is 0 Å². The number of amides is 2. The zero-order valence-electron chi connectivity index (χ0n) is 15.0. The number of hydrogen-bond acceptors (Lipinski definition) is 4. The lowest BCUT2D eigenvalue weighted by Crippen LogP contribution is -2.30. The molecule has 1 aromatic carbocycles. The van der Waals surface area contributed by atoms with Crippen LogP contribution in [0.5, 0.6) is 0 Å². The zero-order chi connectivity index (χ0) is 18.8. The van der Waals surface area contributed by atoms with E-state index in [-0.39, 0.29) is 11.8 Å². The molecular formula is C20H20N4O3. The van der Waals surface area contributed by atoms with Crippen molar-refractivity contribution in [2.45, 2.75) is 26.4 Å². The number of anilines is 1. The Morgan fingerprint density at radius 2 is 1.96 bits per heavy atom. The summed E-state index contributed by atoms with van der Waals surface area (Å²) in [6, 6.07) is 8.59. The van der Waals surface area contributed by atoms with Crippen molar-refractivity contribution in [1.82, 2.24) is 14.5 Å². The maximum absolute atomic E-state index is 12.8. The monoisotopic (exact) mass is 364 g/mol. The molecule has 2 amide bonds. The van der Waals surface area contributed by atoms with Crippen molar-refractivity contribution >= 4 is 17.5 Å². The summed E-state index contributed by atoms with van der Waals surface area (Å²) >= 11 is 0. The number of carbonyl (C=O) groups excluding carboxylic acids is 2. The third-order valence-electron chi connectivity index (χ3n) is 4.76. The van der Waals surface area contributed by atoms with Gasteiger partial charge in [-0.25, -0.2) is 4.98 Å². The normalized spacial score (nSPS) is 13.7. The van der Waals surface area contributed by atoms with E-state index in [1.807, 2.05) is 17.4 Å². The van der Waals surface area contributed by atoms with E-state index in [1.54, 1.807) is 37.3 Å². The number of carbonyl (C=O) groups is 2. The van der Waals surface area contributed by atoms with Gasteiger partial charge in [-0.3, -0.25) is 9.59 Å². The van der Waals surface area contributed by atoms with E-state index in [1.165, 1.54) is 6.26 Å². The summed E-state index contributed by atoms with van der Waals surface area (Å²) in [6.45, 7) is 3.87. The van der Waals surface area contributed by atoms with Gasteiger partial charge in [0.2, 0.25) is 0 Å². The maximum atomic E-state index is 12.8. The number of imidazole rings is 1. The minimum atomic E-state index is -0.235. The Bertz CT molecular complexity index is 971. The first-order valence-corrected chi connectivity index (χ1v) is 8.85. The highest BCUT2D eigenvalue weighted by Gasteiger charge is 2.20. The smallest absolute Gasteiger partial charge is 0.259 e. The maximum Gasteiger partial charge on any atom is 0.259 e. The molecular weight excluding hydrogens is 344 g/mol. The van der Waals surface area contributed by atoms with Crippen LogP contribution in [0, 0.1) is 6.92 Å². The summed E-state index contributed by atoms with van der Waals surface area (Å²) in [5, 5.41) is 2.81. The molecule has 2 aromatic heterocycles. The summed E-state index contributed by atoms with van der Waals surface area (Å²) in [5.41, 5.74) is 2.77. The van der Waals surface area contributed by atoms with E-state index in [2.05, 4.69) is 14.9 Å². The second kappa shape index (κ2) is 7.11. The first-order chi connectivity index (χ1) is 13.1. The van der Waals surface area contributed by atoms with Gasteiger partial charge in [0.05, 0.1) is 30.4 Å². The van der Waals surface area contributed by atoms with Crippen molar-refractivity contribution in [3.8, 4) is 0 Å². The molecule has 0 atom stereocenters. The molecule has 0 spiro atoms. The van der Waals surface area contributed by atoms with Crippen LogP contribution in [0.4, 0.5) is 5.69 Å². The first kappa shape index (κ1) is 17.1. The van der Waals surface area contributed by atoms with Crippen LogP contribution in [0.2, 0.25) is 0 Å². The molecule has 0 saturated heterocycles. The van der Waals surface area contributed by atoms with E-state index in [0.717, 1.165) is 18.7 Å². The van der Waals surface area contributed by atoms with Crippen LogP contribution in [-0.4, -0.2) is 32.8 Å². The van der Waals surface area contributed by atoms with Crippen LogP contribution in [0.1, 0.15) is 38.6 Å². The topological polar surface area (TPSA) is 80.4 Å². The van der Waals surface area contributed by atoms with E-state index >= 15 is 0 Å². The number of nitrogens with zero attached hydrogens (tertiary/aromatic N) is 3. The van der Waals surface area contributed by atoms with Crippen LogP contribution in [0.3, 0.4) is 0 Å². The molecule has 3 aromatic rings. The van der Waals surface area contributed by atoms with Crippen LogP contribution in [0.25, 0.3) is 0 Å². The average molecular weight is 364 g/mol. The number of aryl methyl sites for hydroxylation is 2. The fraction of sp³-hybridized carbons (Fsp3) is 0.250. The van der Waals surface area contributed by atoms with Gasteiger partial charge in [-0.2, -0.15) is 0 Å². The quantitative estimate of drug-likeness (QED) is 0.774. The van der Waals surface area contributed by atoms with Gasteiger partial charge in [-0.1, -0.05) is 0 Å². The van der Waals surface area contributed by atoms with E-state index in [9.17, 15) is 9.59 Å². The highest BCUT2D eigenvalue weighted by atomic mass is 16.3. The van der Waals surface area contributed by atoms with Crippen molar-refractivity contribution < 1.29 is 14.0 Å². The molecule has 27 heavy (non-hydrogen) atoms. The fourth-order valence-corrected chi connectivity index (χ4v) is 3.26. The molecule has 0 radical (unpaired) electrons. The summed E-state index contributed by atoms with van der Waals surface area (Å²) in [6.07, 6.45) is 6.00. The molecule has 0 aliphatic carbocycles. The van der Waals surface area contributed by atoms with E-state index in [4.69, 9.17) is 4.42 Å². The highest BCUT2D eigenvalue weighted by molar-refractivity contribution is 6.05. The SMILES string of the molecule is Cc1occc1C(=O)Nc1ccc(C(=O)N2CCCn3cncc3C2)cc1. The lowest BCUT2D eigenvalue weighted by atomic mass is 10.1. The number of hydrogen-bond donors (Lipinski definition) is 1. The first-order valence-electron chi connectivity index (χ1n) is 8.85. The molecule has 4 rings (SSSR count). The summed E-state index contributed by atoms with van der Waals surface area (Å²) in [7, 11) is 0. The molecule has 0 saturated carbocycles. The van der Waals surface area contributed by atoms with Crippen molar-refractivity contribution in [1.29, 1.82) is 0 Å². The van der Waals surface area contributed by atoms with Gasteiger partial charge >= 0.3 is 0 Å². The predicted octanol–water partition coefficient (Wildman–Crippen LogP) is 3.08. The fourth-order valence-electron chi connectivity index (χ4n) is 3.26. The standard InChI is InChI=1S/C20H20N4O3/c1-14-18(7-10-27-14)19(25)22-16-5-3-15(4-6-16)20(26)23-8-2-9-24-13-21-11-17(24)12-23/h3-7,10-11,13H,2,8-9,12H2,1H3,(H,22,25). The van der Waals surface area contributed by atoms with Crippen molar-refractivity contribution in [2.75, 3.05) is 11.9 Å². The van der Waals surface area contributed by atoms with Gasteiger partial charge < -0.3 is 19.2 Å². The van der Waals surface area contributed by atoms with Gasteiger partial charge in [0, 0.05) is 30.5 Å². The van der Waals surface area contributed by atoms with Gasteiger partial charge in [0.25, 0.3) is 11.8 Å². The lowest BCUT2D eigenvalue weighted by Gasteiger charge is -2.20. The number of benzene rings is 1. The van der Waals surface area contributed by atoms with Gasteiger partial charge in [0.1, 0.15) is 5.76 Å². The molecule has 0 fully saturated rings. The molecule has 138 valence electrons. The molecule has 7 heteroatoms. The van der Waals surface area contributed by atoms with E-state index in [0.29, 0.717) is 35.7 Å².